The van der Waals surface area contributed by atoms with Crippen LogP contribution in [0.15, 0.2) is 24.5 Å². The zero-order valence-corrected chi connectivity index (χ0v) is 10.9. The molecule has 17 heavy (non-hydrogen) atoms. The van der Waals surface area contributed by atoms with E-state index in [-0.39, 0.29) is 11.9 Å². The summed E-state index contributed by atoms with van der Waals surface area (Å²) in [7, 11) is 0. The lowest BCUT2D eigenvalue weighted by Gasteiger charge is -2.08. The Kier molecular flexibility index (Phi) is 7.44. The second-order valence-corrected chi connectivity index (χ2v) is 4.67. The molecular formula is C15H24O2. The molecule has 1 unspecified atom stereocenters. The highest BCUT2D eigenvalue weighted by Crippen LogP contribution is 2.16. The molecule has 1 atom stereocenters. The number of carbonyl (C=O) groups excluding carboxylic acids is 1. The molecule has 0 aromatic heterocycles. The van der Waals surface area contributed by atoms with E-state index in [4.69, 9.17) is 4.74 Å². The van der Waals surface area contributed by atoms with Crippen LogP contribution in [0.5, 0.6) is 0 Å². The van der Waals surface area contributed by atoms with Crippen LogP contribution in [0.3, 0.4) is 0 Å². The quantitative estimate of drug-likeness (QED) is 0.462. The maximum atomic E-state index is 11.5. The van der Waals surface area contributed by atoms with E-state index in [0.29, 0.717) is 0 Å². The number of rotatable bonds is 8. The van der Waals surface area contributed by atoms with E-state index in [1.165, 1.54) is 44.8 Å². The molecular weight excluding hydrogens is 212 g/mol. The van der Waals surface area contributed by atoms with Gasteiger partial charge in [-0.25, -0.2) is 0 Å². The molecule has 1 aliphatic heterocycles. The zero-order valence-electron chi connectivity index (χ0n) is 10.9. The van der Waals surface area contributed by atoms with E-state index in [9.17, 15) is 4.79 Å². The van der Waals surface area contributed by atoms with Crippen molar-refractivity contribution in [3.05, 3.63) is 24.5 Å². The number of allylic oxidation sites excluding steroid dienone is 2. The molecule has 1 rings (SSSR count). The number of cyclic esters (lactones) is 1. The molecule has 2 nitrogen and oxygen atoms in total. The van der Waals surface area contributed by atoms with Crippen LogP contribution in [-0.4, -0.2) is 5.97 Å². The first-order valence-electron chi connectivity index (χ1n) is 6.88. The number of hydrogen-bond donors (Lipinski definition) is 0. The topological polar surface area (TPSA) is 26.3 Å². The van der Waals surface area contributed by atoms with Gasteiger partial charge in [-0.2, -0.15) is 0 Å². The van der Waals surface area contributed by atoms with Gasteiger partial charge in [0.25, 0.3) is 0 Å². The maximum absolute atomic E-state index is 11.5. The molecule has 0 aromatic rings. The van der Waals surface area contributed by atoms with E-state index < -0.39 is 0 Å². The lowest BCUT2D eigenvalue weighted by atomic mass is 10.00. The summed E-state index contributed by atoms with van der Waals surface area (Å²) in [4.78, 5) is 11.5. The molecule has 1 aliphatic rings. The van der Waals surface area contributed by atoms with Crippen LogP contribution in [0.2, 0.25) is 0 Å². The van der Waals surface area contributed by atoms with Crippen LogP contribution in [-0.2, 0) is 9.53 Å². The number of carbonyl (C=O) groups is 1. The minimum Gasteiger partial charge on any atom is -0.434 e. The summed E-state index contributed by atoms with van der Waals surface area (Å²) in [5.74, 6) is -0.151. The molecule has 0 spiro atoms. The molecule has 0 N–H and O–H groups in total. The molecule has 0 amide bonds. The Morgan fingerprint density at radius 1 is 1.06 bits per heavy atom. The Morgan fingerprint density at radius 2 is 1.76 bits per heavy atom. The molecule has 1 heterocycles. The lowest BCUT2D eigenvalue weighted by molar-refractivity contribution is -0.141. The monoisotopic (exact) mass is 236 g/mol. The molecule has 0 bridgehead atoms. The van der Waals surface area contributed by atoms with Gasteiger partial charge in [-0.15, -0.1) is 0 Å². The van der Waals surface area contributed by atoms with Crippen LogP contribution >= 0.6 is 0 Å². The van der Waals surface area contributed by atoms with E-state index in [1.807, 2.05) is 12.2 Å². The smallest absolute Gasteiger partial charge is 0.317 e. The first-order chi connectivity index (χ1) is 8.34. The fraction of sp³-hybridized carbons (Fsp3) is 0.667. The Bertz CT molecular complexity index is 266. The van der Waals surface area contributed by atoms with Gasteiger partial charge in [0.2, 0.25) is 0 Å². The van der Waals surface area contributed by atoms with Gasteiger partial charge in [0.1, 0.15) is 0 Å². The van der Waals surface area contributed by atoms with E-state index >= 15 is 0 Å². The molecule has 0 saturated heterocycles. The van der Waals surface area contributed by atoms with Crippen LogP contribution in [0.4, 0.5) is 0 Å². The van der Waals surface area contributed by atoms with Gasteiger partial charge in [-0.05, 0) is 12.5 Å². The van der Waals surface area contributed by atoms with Crippen molar-refractivity contribution in [1.29, 1.82) is 0 Å². The molecule has 2 heteroatoms. The average Bonchev–Trinajstić information content (AvgIpc) is 2.53. The summed E-state index contributed by atoms with van der Waals surface area (Å²) in [5.41, 5.74) is 0. The van der Waals surface area contributed by atoms with Gasteiger partial charge in [-0.3, -0.25) is 4.79 Å². The summed E-state index contributed by atoms with van der Waals surface area (Å²) in [6.45, 7) is 2.23. The van der Waals surface area contributed by atoms with E-state index in [0.717, 1.165) is 12.8 Å². The third-order valence-electron chi connectivity index (χ3n) is 3.14. The van der Waals surface area contributed by atoms with Crippen molar-refractivity contribution in [1.82, 2.24) is 0 Å². The molecule has 0 radical (unpaired) electrons. The largest absolute Gasteiger partial charge is 0.434 e. The first kappa shape index (κ1) is 14.0. The van der Waals surface area contributed by atoms with Gasteiger partial charge >= 0.3 is 5.97 Å². The Labute approximate surface area is 105 Å². The molecule has 96 valence electrons. The third-order valence-corrected chi connectivity index (χ3v) is 3.14. The predicted octanol–water partition coefficient (Wildman–Crippen LogP) is 4.37. The van der Waals surface area contributed by atoms with Crippen molar-refractivity contribution < 1.29 is 9.53 Å². The van der Waals surface area contributed by atoms with Crippen LogP contribution in [0.25, 0.3) is 0 Å². The van der Waals surface area contributed by atoms with Crippen LogP contribution in [0, 0.1) is 5.92 Å². The number of ether oxygens (including phenoxy) is 1. The number of esters is 1. The second kappa shape index (κ2) is 9.03. The van der Waals surface area contributed by atoms with Crippen molar-refractivity contribution in [2.45, 2.75) is 58.3 Å². The Morgan fingerprint density at radius 3 is 2.53 bits per heavy atom. The van der Waals surface area contributed by atoms with E-state index in [2.05, 4.69) is 6.92 Å². The summed E-state index contributed by atoms with van der Waals surface area (Å²) >= 11 is 0. The lowest BCUT2D eigenvalue weighted by Crippen LogP contribution is -2.12. The highest BCUT2D eigenvalue weighted by molar-refractivity contribution is 5.75. The number of hydrogen-bond acceptors (Lipinski definition) is 2. The van der Waals surface area contributed by atoms with E-state index in [1.54, 1.807) is 6.08 Å². The maximum Gasteiger partial charge on any atom is 0.317 e. The first-order valence-corrected chi connectivity index (χ1v) is 6.88. The number of unbranched alkanes of at least 4 members (excludes halogenated alkanes) is 6. The van der Waals surface area contributed by atoms with Gasteiger partial charge in [-0.1, -0.05) is 64.0 Å². The molecule has 0 aliphatic carbocycles. The third kappa shape index (κ3) is 6.30. The van der Waals surface area contributed by atoms with Crippen LogP contribution in [0.1, 0.15) is 58.3 Å². The summed E-state index contributed by atoms with van der Waals surface area (Å²) in [6, 6.07) is 0. The van der Waals surface area contributed by atoms with Crippen molar-refractivity contribution >= 4 is 5.97 Å². The summed E-state index contributed by atoms with van der Waals surface area (Å²) in [6.07, 6.45) is 17.0. The molecule has 0 fully saturated rings. The molecule has 0 saturated carbocycles. The Balaban J connectivity index is 2.04. The second-order valence-electron chi connectivity index (χ2n) is 4.67. The standard InChI is InChI=1S/C15H24O2/c1-2-3-4-5-6-7-8-11-14-12-9-10-13-17-15(14)16/h9-10,12-14H,2-8,11H2,1H3. The zero-order chi connectivity index (χ0) is 12.3. The fourth-order valence-corrected chi connectivity index (χ4v) is 2.05. The highest BCUT2D eigenvalue weighted by Gasteiger charge is 2.16. The highest BCUT2D eigenvalue weighted by atomic mass is 16.5. The van der Waals surface area contributed by atoms with Crippen LogP contribution < -0.4 is 0 Å². The van der Waals surface area contributed by atoms with Crippen molar-refractivity contribution in [2.75, 3.05) is 0 Å². The fourth-order valence-electron chi connectivity index (χ4n) is 2.05. The van der Waals surface area contributed by atoms with Gasteiger partial charge in [0.05, 0.1) is 12.2 Å². The summed E-state index contributed by atoms with van der Waals surface area (Å²) in [5, 5.41) is 0. The van der Waals surface area contributed by atoms with Gasteiger partial charge in [0, 0.05) is 0 Å². The molecule has 0 aromatic carbocycles. The predicted molar refractivity (Wildman–Crippen MR) is 70.5 cm³/mol. The minimum atomic E-state index is -0.110. The Hall–Kier alpha value is -1.05. The van der Waals surface area contributed by atoms with Gasteiger partial charge in [0.15, 0.2) is 0 Å². The normalized spacial score (nSPS) is 19.1. The van der Waals surface area contributed by atoms with Crippen molar-refractivity contribution in [2.24, 2.45) is 5.92 Å². The van der Waals surface area contributed by atoms with Crippen molar-refractivity contribution in [3.8, 4) is 0 Å². The SMILES string of the molecule is CCCCCCCCCC1C=CC=COC1=O. The average molecular weight is 236 g/mol. The summed E-state index contributed by atoms with van der Waals surface area (Å²) < 4.78 is 4.94. The minimum absolute atomic E-state index is 0.0411. The van der Waals surface area contributed by atoms with Gasteiger partial charge < -0.3 is 4.74 Å². The van der Waals surface area contributed by atoms with Crippen molar-refractivity contribution in [3.63, 3.8) is 0 Å².